The number of likely N-dealkylation sites (N-methyl/N-ethyl adjacent to an activating group) is 1. The number of thiazole rings is 1. The summed E-state index contributed by atoms with van der Waals surface area (Å²) in [7, 11) is 1.96. The smallest absolute Gasteiger partial charge is 0.347 e. The maximum absolute atomic E-state index is 11.4. The first kappa shape index (κ1) is 16.0. The summed E-state index contributed by atoms with van der Waals surface area (Å²) in [4.78, 5) is 19.7. The maximum atomic E-state index is 11.4. The lowest BCUT2D eigenvalue weighted by Gasteiger charge is -2.17. The lowest BCUT2D eigenvalue weighted by molar-refractivity contribution is 0.0699. The number of carbonyl (C=O) groups is 1. The molecule has 0 amide bonds. The van der Waals surface area contributed by atoms with E-state index in [9.17, 15) is 9.90 Å². The lowest BCUT2D eigenvalue weighted by Crippen LogP contribution is -2.20. The largest absolute Gasteiger partial charge is 0.477 e. The molecule has 0 unspecified atom stereocenters. The molecule has 0 saturated heterocycles. The van der Waals surface area contributed by atoms with Crippen LogP contribution in [0.2, 0.25) is 0 Å². The molecule has 0 atom stereocenters. The van der Waals surface area contributed by atoms with Crippen molar-refractivity contribution < 1.29 is 9.90 Å². The summed E-state index contributed by atoms with van der Waals surface area (Å²) in [6, 6.07) is 4.16. The second-order valence-corrected chi connectivity index (χ2v) is 7.99. The zero-order chi connectivity index (χ0) is 15.6. The van der Waals surface area contributed by atoms with E-state index in [2.05, 4.69) is 16.4 Å². The Bertz CT molecular complexity index is 612. The molecule has 114 valence electrons. The number of aromatic carboxylic acids is 1. The zero-order valence-corrected chi connectivity index (χ0v) is 14.3. The Kier molecular flexibility index (Phi) is 4.68. The normalized spacial score (nSPS) is 11.6. The third kappa shape index (κ3) is 3.83. The fourth-order valence-corrected chi connectivity index (χ4v) is 3.75. The van der Waals surface area contributed by atoms with Crippen molar-refractivity contribution >= 4 is 33.8 Å². The number of carboxylic acids is 1. The molecule has 0 aliphatic heterocycles. The van der Waals surface area contributed by atoms with E-state index in [1.54, 1.807) is 11.3 Å². The van der Waals surface area contributed by atoms with Gasteiger partial charge in [-0.3, -0.25) is 0 Å². The Balaban J connectivity index is 2.17. The molecule has 21 heavy (non-hydrogen) atoms. The van der Waals surface area contributed by atoms with Crippen LogP contribution in [0.25, 0.3) is 0 Å². The van der Waals surface area contributed by atoms with Gasteiger partial charge >= 0.3 is 5.97 Å². The van der Waals surface area contributed by atoms with Crippen LogP contribution in [-0.4, -0.2) is 29.7 Å². The molecule has 0 bridgehead atoms. The van der Waals surface area contributed by atoms with E-state index >= 15 is 0 Å². The average Bonchev–Trinajstić information content (AvgIpc) is 3.04. The third-order valence-corrected chi connectivity index (χ3v) is 5.21. The molecule has 6 heteroatoms. The van der Waals surface area contributed by atoms with Crippen molar-refractivity contribution in [3.8, 4) is 0 Å². The molecule has 0 aliphatic carbocycles. The molecule has 0 radical (unpaired) electrons. The van der Waals surface area contributed by atoms with Crippen LogP contribution < -0.4 is 4.90 Å². The number of anilines is 1. The van der Waals surface area contributed by atoms with E-state index in [0.717, 1.165) is 18.1 Å². The summed E-state index contributed by atoms with van der Waals surface area (Å²) in [5, 5.41) is 12.2. The predicted octanol–water partition coefficient (Wildman–Crippen LogP) is 3.88. The summed E-state index contributed by atoms with van der Waals surface area (Å²) < 4.78 is 0. The van der Waals surface area contributed by atoms with E-state index in [-0.39, 0.29) is 5.41 Å². The molecule has 4 nitrogen and oxygen atoms in total. The van der Waals surface area contributed by atoms with Crippen LogP contribution in [0.15, 0.2) is 17.5 Å². The van der Waals surface area contributed by atoms with Gasteiger partial charge in [0.2, 0.25) is 0 Å². The highest BCUT2D eigenvalue weighted by Crippen LogP contribution is 2.33. The number of thiophene rings is 1. The number of aromatic nitrogens is 1. The summed E-state index contributed by atoms with van der Waals surface area (Å²) in [6.07, 6.45) is 0.945. The van der Waals surface area contributed by atoms with E-state index in [1.165, 1.54) is 16.2 Å². The first-order valence-electron chi connectivity index (χ1n) is 6.77. The van der Waals surface area contributed by atoms with Crippen LogP contribution >= 0.6 is 22.7 Å². The van der Waals surface area contributed by atoms with E-state index < -0.39 is 5.97 Å². The van der Waals surface area contributed by atoms with Crippen LogP contribution in [-0.2, 0) is 11.8 Å². The molecule has 1 N–H and O–H groups in total. The molecule has 0 saturated carbocycles. The van der Waals surface area contributed by atoms with Gasteiger partial charge in [0.25, 0.3) is 0 Å². The van der Waals surface area contributed by atoms with Gasteiger partial charge in [0, 0.05) is 23.9 Å². The number of nitrogens with zero attached hydrogens (tertiary/aromatic N) is 2. The van der Waals surface area contributed by atoms with E-state index in [4.69, 9.17) is 0 Å². The molecule has 0 aliphatic rings. The third-order valence-electron chi connectivity index (χ3n) is 3.12. The Hall–Kier alpha value is -1.40. The second kappa shape index (κ2) is 6.15. The van der Waals surface area contributed by atoms with Crippen LogP contribution in [0.4, 0.5) is 5.13 Å². The van der Waals surface area contributed by atoms with Gasteiger partial charge in [-0.15, -0.1) is 11.3 Å². The van der Waals surface area contributed by atoms with Gasteiger partial charge in [-0.05, 0) is 17.9 Å². The highest BCUT2D eigenvalue weighted by Gasteiger charge is 2.27. The fourth-order valence-electron chi connectivity index (χ4n) is 1.95. The van der Waals surface area contributed by atoms with Crippen molar-refractivity contribution in [3.63, 3.8) is 0 Å². The van der Waals surface area contributed by atoms with Crippen LogP contribution in [0.5, 0.6) is 0 Å². The average molecular weight is 324 g/mol. The highest BCUT2D eigenvalue weighted by atomic mass is 32.1. The Morgan fingerprint density at radius 3 is 2.62 bits per heavy atom. The van der Waals surface area contributed by atoms with Gasteiger partial charge in [0.1, 0.15) is 4.88 Å². The van der Waals surface area contributed by atoms with Crippen molar-refractivity contribution in [2.24, 2.45) is 0 Å². The number of hydrogen-bond donors (Lipinski definition) is 1. The molecule has 0 spiro atoms. The minimum atomic E-state index is -0.893. The molecule has 0 aromatic carbocycles. The standard InChI is InChI=1S/C15H20N2O2S2/c1-15(2,3)12-11(13(18)19)21-14(16-12)17(4)8-7-10-6-5-9-20-10/h5-6,9H,7-8H2,1-4H3,(H,18,19). The molecule has 2 aromatic heterocycles. The van der Waals surface area contributed by atoms with Gasteiger partial charge in [-0.1, -0.05) is 38.2 Å². The van der Waals surface area contributed by atoms with Crippen LogP contribution in [0, 0.1) is 0 Å². The first-order chi connectivity index (χ1) is 9.79. The van der Waals surface area contributed by atoms with Crippen molar-refractivity contribution in [2.75, 3.05) is 18.5 Å². The SMILES string of the molecule is CN(CCc1cccs1)c1nc(C(C)(C)C)c(C(=O)O)s1. The highest BCUT2D eigenvalue weighted by molar-refractivity contribution is 7.17. The molecule has 2 rings (SSSR count). The van der Waals surface area contributed by atoms with Crippen molar-refractivity contribution in [1.82, 2.24) is 4.98 Å². The second-order valence-electron chi connectivity index (χ2n) is 5.98. The van der Waals surface area contributed by atoms with E-state index in [0.29, 0.717) is 10.6 Å². The number of rotatable bonds is 5. The topological polar surface area (TPSA) is 53.4 Å². The molecule has 0 fully saturated rings. The van der Waals surface area contributed by atoms with Gasteiger partial charge in [0.15, 0.2) is 5.13 Å². The monoisotopic (exact) mass is 324 g/mol. The predicted molar refractivity (Wildman–Crippen MR) is 89.1 cm³/mol. The van der Waals surface area contributed by atoms with Crippen molar-refractivity contribution in [3.05, 3.63) is 33.0 Å². The maximum Gasteiger partial charge on any atom is 0.347 e. The molecule has 2 heterocycles. The molecule has 2 aromatic rings. The van der Waals surface area contributed by atoms with Gasteiger partial charge in [-0.25, -0.2) is 9.78 Å². The Morgan fingerprint density at radius 1 is 1.43 bits per heavy atom. The van der Waals surface area contributed by atoms with Gasteiger partial charge in [-0.2, -0.15) is 0 Å². The Morgan fingerprint density at radius 2 is 2.14 bits per heavy atom. The minimum absolute atomic E-state index is 0.267. The van der Waals surface area contributed by atoms with Gasteiger partial charge in [0.05, 0.1) is 5.69 Å². The lowest BCUT2D eigenvalue weighted by atomic mass is 9.91. The Labute approximate surface area is 133 Å². The zero-order valence-electron chi connectivity index (χ0n) is 12.7. The summed E-state index contributed by atoms with van der Waals surface area (Å²) in [6.45, 7) is 6.80. The summed E-state index contributed by atoms with van der Waals surface area (Å²) in [5.74, 6) is -0.893. The summed E-state index contributed by atoms with van der Waals surface area (Å²) >= 11 is 3.00. The molecular weight excluding hydrogens is 304 g/mol. The quantitative estimate of drug-likeness (QED) is 0.907. The summed E-state index contributed by atoms with van der Waals surface area (Å²) in [5.41, 5.74) is 0.398. The first-order valence-corrected chi connectivity index (χ1v) is 8.47. The minimum Gasteiger partial charge on any atom is -0.477 e. The molecular formula is C15H20N2O2S2. The number of carboxylic acid groups (broad SMARTS) is 1. The number of hydrogen-bond acceptors (Lipinski definition) is 5. The van der Waals surface area contributed by atoms with Gasteiger partial charge < -0.3 is 10.0 Å². The fraction of sp³-hybridized carbons (Fsp3) is 0.467. The van der Waals surface area contributed by atoms with Crippen molar-refractivity contribution in [2.45, 2.75) is 32.6 Å². The van der Waals surface area contributed by atoms with Crippen LogP contribution in [0.3, 0.4) is 0 Å². The van der Waals surface area contributed by atoms with Crippen LogP contribution in [0.1, 0.15) is 41.0 Å². The van der Waals surface area contributed by atoms with Crippen molar-refractivity contribution in [1.29, 1.82) is 0 Å². The van der Waals surface area contributed by atoms with E-state index in [1.807, 2.05) is 38.8 Å².